The van der Waals surface area contributed by atoms with Crippen molar-refractivity contribution in [2.45, 2.75) is 6.92 Å². The van der Waals surface area contributed by atoms with Crippen molar-refractivity contribution in [3.8, 4) is 11.3 Å². The van der Waals surface area contributed by atoms with Crippen molar-refractivity contribution in [1.82, 2.24) is 19.7 Å². The van der Waals surface area contributed by atoms with Gasteiger partial charge in [-0.25, -0.2) is 9.97 Å². The Bertz CT molecular complexity index is 1210. The Labute approximate surface area is 160 Å². The number of thiazole rings is 1. The number of fused-ring (bicyclic) bond motifs is 2. The van der Waals surface area contributed by atoms with E-state index in [1.807, 2.05) is 43.5 Å². The molecule has 4 heterocycles. The molecule has 1 fully saturated rings. The van der Waals surface area contributed by atoms with Crippen LogP contribution in [0.4, 0.5) is 5.69 Å². The smallest absolute Gasteiger partial charge is 0.258 e. The Balaban J connectivity index is 1.58. The first kappa shape index (κ1) is 16.4. The second-order valence-corrected chi connectivity index (χ2v) is 7.98. The number of anilines is 1. The second kappa shape index (κ2) is 6.44. The van der Waals surface area contributed by atoms with Crippen LogP contribution in [0.15, 0.2) is 47.4 Å². The number of nitrogens with zero attached hydrogens (tertiary/aromatic N) is 4. The van der Waals surface area contributed by atoms with Crippen molar-refractivity contribution in [3.05, 3.63) is 58.0 Å². The summed E-state index contributed by atoms with van der Waals surface area (Å²) in [5.41, 5.74) is 4.19. The summed E-state index contributed by atoms with van der Waals surface area (Å²) in [6.45, 7) is 5.81. The lowest BCUT2D eigenvalue weighted by atomic mass is 10.1. The van der Waals surface area contributed by atoms with Gasteiger partial charge in [-0.15, -0.1) is 11.3 Å². The van der Waals surface area contributed by atoms with Gasteiger partial charge >= 0.3 is 0 Å². The van der Waals surface area contributed by atoms with Crippen LogP contribution in [0.1, 0.15) is 5.01 Å². The Morgan fingerprint density at radius 3 is 2.78 bits per heavy atom. The van der Waals surface area contributed by atoms with Gasteiger partial charge in [0.25, 0.3) is 5.56 Å². The molecule has 7 heteroatoms. The molecule has 0 bridgehead atoms. The first-order chi connectivity index (χ1) is 13.2. The molecular formula is C20H19N5OS. The molecule has 0 unspecified atom stereocenters. The van der Waals surface area contributed by atoms with Crippen LogP contribution >= 0.6 is 11.3 Å². The van der Waals surface area contributed by atoms with E-state index in [1.54, 1.807) is 21.8 Å². The van der Waals surface area contributed by atoms with E-state index in [0.717, 1.165) is 52.7 Å². The molecule has 27 heavy (non-hydrogen) atoms. The molecule has 0 atom stereocenters. The number of aromatic nitrogens is 3. The molecule has 0 spiro atoms. The van der Waals surface area contributed by atoms with Gasteiger partial charge in [0.2, 0.25) is 0 Å². The van der Waals surface area contributed by atoms with Crippen LogP contribution in [-0.2, 0) is 0 Å². The summed E-state index contributed by atoms with van der Waals surface area (Å²) in [6, 6.07) is 11.6. The third-order valence-electron chi connectivity index (χ3n) is 4.92. The third-order valence-corrected chi connectivity index (χ3v) is 5.87. The highest BCUT2D eigenvalue weighted by atomic mass is 32.1. The summed E-state index contributed by atoms with van der Waals surface area (Å²) >= 11 is 1.67. The Morgan fingerprint density at radius 1 is 1.07 bits per heavy atom. The number of hydrogen-bond donors (Lipinski definition) is 1. The van der Waals surface area contributed by atoms with Crippen LogP contribution in [0.3, 0.4) is 0 Å². The number of piperazine rings is 1. The largest absolute Gasteiger partial charge is 0.368 e. The standard InChI is InChI=1S/C20H19N5OS/c1-13-22-17-10-14(2-4-18(17)27-13)16-11-20(26)25-12-15(3-5-19(25)23-16)24-8-6-21-7-9-24/h2-5,10-12,21H,6-9H2,1H3. The lowest BCUT2D eigenvalue weighted by molar-refractivity contribution is 0.588. The maximum Gasteiger partial charge on any atom is 0.258 e. The van der Waals surface area contributed by atoms with Gasteiger partial charge in [-0.1, -0.05) is 6.07 Å². The number of pyridine rings is 1. The molecule has 3 aromatic heterocycles. The monoisotopic (exact) mass is 377 g/mol. The van der Waals surface area contributed by atoms with Gasteiger partial charge in [-0.05, 0) is 31.2 Å². The van der Waals surface area contributed by atoms with Crippen LogP contribution in [0.2, 0.25) is 0 Å². The molecule has 0 amide bonds. The summed E-state index contributed by atoms with van der Waals surface area (Å²) in [6.07, 6.45) is 1.90. The maximum atomic E-state index is 12.8. The van der Waals surface area contributed by atoms with Gasteiger partial charge in [0.1, 0.15) is 5.65 Å². The second-order valence-electron chi connectivity index (χ2n) is 6.75. The zero-order chi connectivity index (χ0) is 18.4. The Kier molecular flexibility index (Phi) is 3.91. The number of rotatable bonds is 2. The van der Waals surface area contributed by atoms with Crippen molar-refractivity contribution in [3.63, 3.8) is 0 Å². The van der Waals surface area contributed by atoms with E-state index in [1.165, 1.54) is 0 Å². The highest BCUT2D eigenvalue weighted by molar-refractivity contribution is 7.18. The van der Waals surface area contributed by atoms with Crippen molar-refractivity contribution < 1.29 is 0 Å². The van der Waals surface area contributed by atoms with E-state index in [4.69, 9.17) is 4.98 Å². The Hall–Kier alpha value is -2.77. The average Bonchev–Trinajstić information content (AvgIpc) is 3.07. The van der Waals surface area contributed by atoms with Gasteiger partial charge < -0.3 is 10.2 Å². The molecule has 4 aromatic rings. The minimum absolute atomic E-state index is 0.0680. The molecule has 1 saturated heterocycles. The van der Waals surface area contributed by atoms with Crippen LogP contribution in [-0.4, -0.2) is 40.5 Å². The zero-order valence-electron chi connectivity index (χ0n) is 15.0. The van der Waals surface area contributed by atoms with E-state index in [2.05, 4.69) is 15.2 Å². The van der Waals surface area contributed by atoms with Crippen LogP contribution < -0.4 is 15.8 Å². The average molecular weight is 377 g/mol. The van der Waals surface area contributed by atoms with Gasteiger partial charge in [0.15, 0.2) is 0 Å². The van der Waals surface area contributed by atoms with Gasteiger partial charge in [0.05, 0.1) is 26.6 Å². The van der Waals surface area contributed by atoms with Crippen molar-refractivity contribution in [2.24, 2.45) is 0 Å². The van der Waals surface area contributed by atoms with Crippen LogP contribution in [0, 0.1) is 6.92 Å². The quantitative estimate of drug-likeness (QED) is 0.582. The molecule has 136 valence electrons. The fraction of sp³-hybridized carbons (Fsp3) is 0.250. The van der Waals surface area contributed by atoms with Gasteiger partial charge in [0, 0.05) is 44.0 Å². The summed E-state index contributed by atoms with van der Waals surface area (Å²) in [5, 5.41) is 4.38. The third kappa shape index (κ3) is 2.98. The van der Waals surface area contributed by atoms with Gasteiger partial charge in [-0.3, -0.25) is 9.20 Å². The SMILES string of the molecule is Cc1nc2cc(-c3cc(=O)n4cc(N5CCNCC5)ccc4n3)ccc2s1. The lowest BCUT2D eigenvalue weighted by Crippen LogP contribution is -2.43. The summed E-state index contributed by atoms with van der Waals surface area (Å²) < 4.78 is 2.78. The minimum Gasteiger partial charge on any atom is -0.368 e. The zero-order valence-corrected chi connectivity index (χ0v) is 15.8. The molecule has 1 aliphatic heterocycles. The van der Waals surface area contributed by atoms with E-state index in [9.17, 15) is 4.79 Å². The fourth-order valence-corrected chi connectivity index (χ4v) is 4.36. The molecule has 0 aliphatic carbocycles. The van der Waals surface area contributed by atoms with Crippen LogP contribution in [0.5, 0.6) is 0 Å². The minimum atomic E-state index is -0.0680. The molecule has 6 nitrogen and oxygen atoms in total. The van der Waals surface area contributed by atoms with Crippen molar-refractivity contribution in [2.75, 3.05) is 31.1 Å². The first-order valence-corrected chi connectivity index (χ1v) is 9.86. The van der Waals surface area contributed by atoms with Crippen molar-refractivity contribution in [1.29, 1.82) is 0 Å². The topological polar surface area (TPSA) is 62.5 Å². The Morgan fingerprint density at radius 2 is 1.93 bits per heavy atom. The molecule has 0 saturated carbocycles. The number of nitrogens with one attached hydrogen (secondary N) is 1. The number of benzene rings is 1. The van der Waals surface area contributed by atoms with E-state index in [-0.39, 0.29) is 5.56 Å². The normalized spacial score (nSPS) is 14.9. The summed E-state index contributed by atoms with van der Waals surface area (Å²) in [7, 11) is 0. The molecule has 0 radical (unpaired) electrons. The molecule has 5 rings (SSSR count). The van der Waals surface area contributed by atoms with E-state index in [0.29, 0.717) is 11.3 Å². The fourth-order valence-electron chi connectivity index (χ4n) is 3.55. The summed E-state index contributed by atoms with van der Waals surface area (Å²) in [5.74, 6) is 0. The maximum absolute atomic E-state index is 12.8. The molecular weight excluding hydrogens is 358 g/mol. The van der Waals surface area contributed by atoms with Crippen LogP contribution in [0.25, 0.3) is 27.1 Å². The van der Waals surface area contributed by atoms with Crippen molar-refractivity contribution >= 4 is 32.9 Å². The highest BCUT2D eigenvalue weighted by Gasteiger charge is 2.13. The van der Waals surface area contributed by atoms with E-state index < -0.39 is 0 Å². The molecule has 1 aliphatic rings. The van der Waals surface area contributed by atoms with E-state index >= 15 is 0 Å². The number of aryl methyl sites for hydroxylation is 1. The number of hydrogen-bond acceptors (Lipinski definition) is 6. The lowest BCUT2D eigenvalue weighted by Gasteiger charge is -2.29. The molecule has 1 N–H and O–H groups in total. The summed E-state index contributed by atoms with van der Waals surface area (Å²) in [4.78, 5) is 24.3. The first-order valence-electron chi connectivity index (χ1n) is 9.04. The van der Waals surface area contributed by atoms with Gasteiger partial charge in [-0.2, -0.15) is 0 Å². The molecule has 1 aromatic carbocycles. The highest BCUT2D eigenvalue weighted by Crippen LogP contribution is 2.26. The predicted molar refractivity (Wildman–Crippen MR) is 110 cm³/mol. The predicted octanol–water partition coefficient (Wildman–Crippen LogP) is 2.69.